The van der Waals surface area contributed by atoms with E-state index in [1.807, 2.05) is 48.5 Å². The molecule has 0 spiro atoms. The molecule has 0 aliphatic heterocycles. The molecule has 0 radical (unpaired) electrons. The average molecular weight is 451 g/mol. The molecule has 5 rings (SSSR count). The molecule has 0 bridgehead atoms. The second-order valence-electron chi connectivity index (χ2n) is 7.83. The molecule has 158 valence electrons. The van der Waals surface area contributed by atoms with E-state index in [1.54, 1.807) is 22.8 Å². The van der Waals surface area contributed by atoms with Crippen LogP contribution in [-0.2, 0) is 23.0 Å². The lowest BCUT2D eigenvalue weighted by molar-refractivity contribution is 0.507. The third-order valence-electron chi connectivity index (χ3n) is 5.80. The molecule has 7 heteroatoms. The summed E-state index contributed by atoms with van der Waals surface area (Å²) in [6, 6.07) is 22.5. The van der Waals surface area contributed by atoms with Gasteiger partial charge in [0.2, 0.25) is 10.0 Å². The Morgan fingerprint density at radius 1 is 1.00 bits per heavy atom. The van der Waals surface area contributed by atoms with Crippen molar-refractivity contribution in [3.05, 3.63) is 99.2 Å². The molecule has 1 N–H and O–H groups in total. The number of hydrogen-bond acceptors (Lipinski definition) is 4. The van der Waals surface area contributed by atoms with Gasteiger partial charge in [-0.1, -0.05) is 65.9 Å². The number of fused-ring (bicyclic) bond motifs is 2. The summed E-state index contributed by atoms with van der Waals surface area (Å²) in [6.07, 6.45) is 2.70. The first-order valence-corrected chi connectivity index (χ1v) is 12.6. The van der Waals surface area contributed by atoms with E-state index in [4.69, 9.17) is 0 Å². The van der Waals surface area contributed by atoms with Crippen molar-refractivity contribution in [1.29, 1.82) is 0 Å². The second kappa shape index (κ2) is 8.07. The van der Waals surface area contributed by atoms with Gasteiger partial charge in [-0.3, -0.25) is 9.36 Å². The molecule has 1 atom stereocenters. The van der Waals surface area contributed by atoms with Crippen molar-refractivity contribution in [3.8, 4) is 0 Å². The van der Waals surface area contributed by atoms with Crippen molar-refractivity contribution >= 4 is 31.6 Å². The van der Waals surface area contributed by atoms with Crippen LogP contribution in [0.1, 0.15) is 35.6 Å². The minimum atomic E-state index is -3.71. The Labute approximate surface area is 185 Å². The zero-order valence-electron chi connectivity index (χ0n) is 16.8. The fourth-order valence-corrected chi connectivity index (χ4v) is 6.54. The molecule has 1 aromatic heterocycles. The number of aryl methyl sites for hydroxylation is 1. The van der Waals surface area contributed by atoms with Crippen molar-refractivity contribution in [1.82, 2.24) is 9.29 Å². The van der Waals surface area contributed by atoms with Crippen LogP contribution in [0.3, 0.4) is 0 Å². The Balaban J connectivity index is 1.46. The van der Waals surface area contributed by atoms with Crippen LogP contribution in [0.5, 0.6) is 0 Å². The standard InChI is InChI=1S/C24H22N2O3S2/c27-24-26(16-17-7-2-1-3-8-17)22-14-13-19(15-23(22)30-24)31(28,29)25-21-12-6-10-18-9-4-5-11-20(18)21/h1-5,7-9,11,13-15,21,25H,6,10,12,16H2/t21-/m0/s1. The van der Waals surface area contributed by atoms with Gasteiger partial charge in [0.15, 0.2) is 0 Å². The van der Waals surface area contributed by atoms with Crippen molar-refractivity contribution in [3.63, 3.8) is 0 Å². The van der Waals surface area contributed by atoms with Crippen LogP contribution >= 0.6 is 11.3 Å². The van der Waals surface area contributed by atoms with Gasteiger partial charge in [0.25, 0.3) is 0 Å². The van der Waals surface area contributed by atoms with Crippen molar-refractivity contribution in [2.45, 2.75) is 36.7 Å². The van der Waals surface area contributed by atoms with E-state index < -0.39 is 10.0 Å². The lowest BCUT2D eigenvalue weighted by Crippen LogP contribution is -2.31. The molecule has 5 nitrogen and oxygen atoms in total. The highest BCUT2D eigenvalue weighted by Gasteiger charge is 2.26. The van der Waals surface area contributed by atoms with E-state index in [2.05, 4.69) is 10.8 Å². The van der Waals surface area contributed by atoms with Crippen LogP contribution in [0.2, 0.25) is 0 Å². The summed E-state index contributed by atoms with van der Waals surface area (Å²) in [5.74, 6) is 0. The SMILES string of the molecule is O=c1sc2cc(S(=O)(=O)N[C@H]3CCCc4ccccc43)ccc2n1Cc1ccccc1. The Morgan fingerprint density at radius 3 is 2.61 bits per heavy atom. The molecule has 0 saturated carbocycles. The first-order chi connectivity index (χ1) is 15.0. The van der Waals surface area contributed by atoms with Gasteiger partial charge in [0.05, 0.1) is 21.7 Å². The van der Waals surface area contributed by atoms with Gasteiger partial charge in [-0.25, -0.2) is 13.1 Å². The fourth-order valence-electron chi connectivity index (χ4n) is 4.26. The van der Waals surface area contributed by atoms with Gasteiger partial charge in [-0.2, -0.15) is 0 Å². The molecule has 31 heavy (non-hydrogen) atoms. The van der Waals surface area contributed by atoms with Gasteiger partial charge in [0.1, 0.15) is 0 Å². The second-order valence-corrected chi connectivity index (χ2v) is 10.5. The first kappa shape index (κ1) is 20.2. The molecule has 4 aromatic rings. The Hall–Kier alpha value is -2.74. The minimum absolute atomic E-state index is 0.0948. The fraction of sp³-hybridized carbons (Fsp3) is 0.208. The monoisotopic (exact) mass is 450 g/mol. The summed E-state index contributed by atoms with van der Waals surface area (Å²) in [5.41, 5.74) is 4.03. The molecular formula is C24H22N2O3S2. The molecule has 0 fully saturated rings. The van der Waals surface area contributed by atoms with E-state index in [0.717, 1.165) is 47.2 Å². The van der Waals surface area contributed by atoms with Crippen LogP contribution < -0.4 is 9.60 Å². The predicted molar refractivity (Wildman–Crippen MR) is 124 cm³/mol. The molecular weight excluding hydrogens is 428 g/mol. The van der Waals surface area contributed by atoms with Crippen molar-refractivity contribution < 1.29 is 8.42 Å². The number of nitrogens with zero attached hydrogens (tertiary/aromatic N) is 1. The maximum atomic E-state index is 13.1. The van der Waals surface area contributed by atoms with Gasteiger partial charge in [0, 0.05) is 6.04 Å². The Kier molecular flexibility index (Phi) is 5.25. The highest BCUT2D eigenvalue weighted by molar-refractivity contribution is 7.89. The van der Waals surface area contributed by atoms with Gasteiger partial charge in [-0.05, 0) is 54.2 Å². The normalized spacial score (nSPS) is 16.3. The molecule has 1 heterocycles. The summed E-state index contributed by atoms with van der Waals surface area (Å²) in [4.78, 5) is 12.7. The van der Waals surface area contributed by atoms with Gasteiger partial charge >= 0.3 is 4.87 Å². The maximum Gasteiger partial charge on any atom is 0.308 e. The van der Waals surface area contributed by atoms with Crippen LogP contribution in [0.25, 0.3) is 10.2 Å². The topological polar surface area (TPSA) is 68.2 Å². The van der Waals surface area contributed by atoms with Crippen LogP contribution in [0.15, 0.2) is 82.5 Å². The van der Waals surface area contributed by atoms with E-state index >= 15 is 0 Å². The molecule has 0 amide bonds. The number of rotatable bonds is 5. The molecule has 3 aromatic carbocycles. The Bertz CT molecular complexity index is 1410. The smallest absolute Gasteiger partial charge is 0.294 e. The number of sulfonamides is 1. The lowest BCUT2D eigenvalue weighted by atomic mass is 9.88. The van der Waals surface area contributed by atoms with E-state index in [0.29, 0.717) is 11.2 Å². The van der Waals surface area contributed by atoms with E-state index in [1.165, 1.54) is 5.56 Å². The zero-order valence-corrected chi connectivity index (χ0v) is 18.5. The molecule has 0 saturated heterocycles. The summed E-state index contributed by atoms with van der Waals surface area (Å²) in [5, 5.41) is 0. The molecule has 1 aliphatic rings. The van der Waals surface area contributed by atoms with Crippen LogP contribution in [-0.4, -0.2) is 13.0 Å². The number of hydrogen-bond donors (Lipinski definition) is 1. The highest BCUT2D eigenvalue weighted by Crippen LogP contribution is 2.31. The summed E-state index contributed by atoms with van der Waals surface area (Å²) in [6.45, 7) is 0.461. The van der Waals surface area contributed by atoms with Crippen molar-refractivity contribution in [2.75, 3.05) is 0 Å². The lowest BCUT2D eigenvalue weighted by Gasteiger charge is -2.26. The number of benzene rings is 3. The number of nitrogens with one attached hydrogen (secondary N) is 1. The largest absolute Gasteiger partial charge is 0.308 e. The average Bonchev–Trinajstić information content (AvgIpc) is 3.09. The van der Waals surface area contributed by atoms with E-state index in [9.17, 15) is 13.2 Å². The quantitative estimate of drug-likeness (QED) is 0.488. The third kappa shape index (κ3) is 3.96. The summed E-state index contributed by atoms with van der Waals surface area (Å²) in [7, 11) is -3.71. The van der Waals surface area contributed by atoms with Crippen LogP contribution in [0.4, 0.5) is 0 Å². The zero-order chi connectivity index (χ0) is 21.4. The number of aromatic nitrogens is 1. The number of thiazole rings is 1. The highest BCUT2D eigenvalue weighted by atomic mass is 32.2. The van der Waals surface area contributed by atoms with Crippen LogP contribution in [0, 0.1) is 0 Å². The summed E-state index contributed by atoms with van der Waals surface area (Å²) < 4.78 is 31.5. The van der Waals surface area contributed by atoms with E-state index in [-0.39, 0.29) is 15.8 Å². The summed E-state index contributed by atoms with van der Waals surface area (Å²) >= 11 is 1.08. The predicted octanol–water partition coefficient (Wildman–Crippen LogP) is 4.47. The molecule has 1 aliphatic carbocycles. The maximum absolute atomic E-state index is 13.1. The van der Waals surface area contributed by atoms with Crippen molar-refractivity contribution in [2.24, 2.45) is 0 Å². The first-order valence-electron chi connectivity index (χ1n) is 10.3. The third-order valence-corrected chi connectivity index (χ3v) is 8.21. The minimum Gasteiger partial charge on any atom is -0.294 e. The Morgan fingerprint density at radius 2 is 1.77 bits per heavy atom. The molecule has 0 unspecified atom stereocenters. The van der Waals surface area contributed by atoms with Gasteiger partial charge < -0.3 is 0 Å². The van der Waals surface area contributed by atoms with Gasteiger partial charge in [-0.15, -0.1) is 0 Å².